The number of carbonyl (C=O) groups excluding carboxylic acids is 1. The van der Waals surface area contributed by atoms with Gasteiger partial charge in [-0.25, -0.2) is 4.99 Å². The van der Waals surface area contributed by atoms with Gasteiger partial charge in [-0.1, -0.05) is 31.4 Å². The Bertz CT molecular complexity index is 647. The number of aliphatic imine (C=N–C) groups is 2. The minimum absolute atomic E-state index is 0.0863. The summed E-state index contributed by atoms with van der Waals surface area (Å²) in [6.45, 7) is 17.0. The molecule has 0 aromatic heterocycles. The summed E-state index contributed by atoms with van der Waals surface area (Å²) in [6.07, 6.45) is 14.7. The van der Waals surface area contributed by atoms with Crippen LogP contribution in [0.4, 0.5) is 0 Å². The van der Waals surface area contributed by atoms with Crippen LogP contribution in [-0.2, 0) is 4.79 Å². The smallest absolute Gasteiger partial charge is 0.249 e. The van der Waals surface area contributed by atoms with E-state index in [1.165, 1.54) is 24.6 Å². The molecule has 0 saturated carbocycles. The van der Waals surface area contributed by atoms with E-state index in [1.807, 2.05) is 32.1 Å². The van der Waals surface area contributed by atoms with Gasteiger partial charge in [-0.3, -0.25) is 15.2 Å². The molecule has 1 unspecified atom stereocenters. The Balaban J connectivity index is 0. The van der Waals surface area contributed by atoms with E-state index in [9.17, 15) is 4.79 Å². The molecule has 0 bridgehead atoms. The van der Waals surface area contributed by atoms with Crippen LogP contribution < -0.4 is 16.0 Å². The van der Waals surface area contributed by atoms with E-state index < -0.39 is 0 Å². The molecule has 0 aromatic carbocycles. The number of halogens is 1. The Labute approximate surface area is 192 Å². The van der Waals surface area contributed by atoms with E-state index in [0.717, 1.165) is 50.3 Å². The number of nitrogens with zero attached hydrogens (tertiary/aromatic N) is 2. The van der Waals surface area contributed by atoms with Crippen molar-refractivity contribution in [3.05, 3.63) is 61.5 Å². The highest BCUT2D eigenvalue weighted by Gasteiger charge is 1.97. The molecule has 8 heteroatoms. The topological polar surface area (TPSA) is 102 Å². The van der Waals surface area contributed by atoms with Crippen molar-refractivity contribution in [2.24, 2.45) is 9.98 Å². The fourth-order valence-corrected chi connectivity index (χ4v) is 1.86. The minimum atomic E-state index is -0.229. The summed E-state index contributed by atoms with van der Waals surface area (Å²) < 4.78 is 0. The Morgan fingerprint density at radius 3 is 2.23 bits per heavy atom. The van der Waals surface area contributed by atoms with Crippen LogP contribution in [0.2, 0.25) is 0 Å². The maximum Gasteiger partial charge on any atom is 0.249 e. The summed E-state index contributed by atoms with van der Waals surface area (Å²) in [4.78, 5) is 18.9. The molecule has 1 saturated heterocycles. The summed E-state index contributed by atoms with van der Waals surface area (Å²) >= 11 is 5.82. The van der Waals surface area contributed by atoms with Crippen LogP contribution in [0.25, 0.3) is 0 Å². The number of nitrogens with one attached hydrogen (secondary N) is 4. The molecule has 0 spiro atoms. The number of alkyl halides is 1. The maximum atomic E-state index is 11.5. The van der Waals surface area contributed by atoms with Crippen LogP contribution in [0, 0.1) is 5.41 Å². The van der Waals surface area contributed by atoms with Crippen LogP contribution >= 0.6 is 11.6 Å². The minimum Gasteiger partial charge on any atom is -0.323 e. The van der Waals surface area contributed by atoms with Gasteiger partial charge in [0.15, 0.2) is 0 Å². The number of allylic oxidation sites excluding steroid dienone is 5. The summed E-state index contributed by atoms with van der Waals surface area (Å²) in [5.41, 5.74) is 1.50. The maximum absolute atomic E-state index is 11.5. The molecular formula is C23H37ClN6O. The van der Waals surface area contributed by atoms with Crippen LogP contribution in [0.5, 0.6) is 0 Å². The zero-order valence-electron chi connectivity index (χ0n) is 18.9. The number of carbonyl (C=O) groups is 1. The fraction of sp³-hybridized carbons (Fsp3) is 0.391. The summed E-state index contributed by atoms with van der Waals surface area (Å²) in [5.74, 6) is -0.229. The van der Waals surface area contributed by atoms with Crippen molar-refractivity contribution >= 4 is 35.8 Å². The van der Waals surface area contributed by atoms with Gasteiger partial charge in [-0.15, -0.1) is 11.6 Å². The number of piperazine rings is 1. The average Bonchev–Trinajstić information content (AvgIpc) is 2.78. The highest BCUT2D eigenvalue weighted by molar-refractivity contribution is 6.20. The predicted octanol–water partition coefficient (Wildman–Crippen LogP) is 3.77. The van der Waals surface area contributed by atoms with Crippen LogP contribution in [0.3, 0.4) is 0 Å². The van der Waals surface area contributed by atoms with Gasteiger partial charge in [0.25, 0.3) is 0 Å². The van der Waals surface area contributed by atoms with Crippen molar-refractivity contribution in [2.75, 3.05) is 26.2 Å². The molecule has 31 heavy (non-hydrogen) atoms. The summed E-state index contributed by atoms with van der Waals surface area (Å²) in [7, 11) is 0. The molecule has 1 heterocycles. The van der Waals surface area contributed by atoms with Crippen molar-refractivity contribution in [3.63, 3.8) is 0 Å². The van der Waals surface area contributed by atoms with E-state index in [4.69, 9.17) is 17.0 Å². The van der Waals surface area contributed by atoms with Crippen molar-refractivity contribution < 1.29 is 4.79 Å². The zero-order chi connectivity index (χ0) is 23.7. The fourth-order valence-electron chi connectivity index (χ4n) is 1.76. The van der Waals surface area contributed by atoms with Crippen LogP contribution in [0.15, 0.2) is 71.5 Å². The van der Waals surface area contributed by atoms with Gasteiger partial charge in [0, 0.05) is 61.5 Å². The van der Waals surface area contributed by atoms with Crippen LogP contribution in [0.1, 0.15) is 27.2 Å². The second kappa shape index (κ2) is 23.7. The quantitative estimate of drug-likeness (QED) is 0.142. The van der Waals surface area contributed by atoms with E-state index in [0.29, 0.717) is 0 Å². The third-order valence-electron chi connectivity index (χ3n) is 3.36. The van der Waals surface area contributed by atoms with Gasteiger partial charge in [0.2, 0.25) is 5.91 Å². The van der Waals surface area contributed by atoms with Gasteiger partial charge in [0.05, 0.1) is 0 Å². The Hall–Kier alpha value is -2.61. The highest BCUT2D eigenvalue weighted by atomic mass is 35.5. The van der Waals surface area contributed by atoms with Crippen LogP contribution in [-0.4, -0.2) is 55.7 Å². The van der Waals surface area contributed by atoms with Crippen molar-refractivity contribution in [3.8, 4) is 0 Å². The molecule has 0 aliphatic carbocycles. The zero-order valence-corrected chi connectivity index (χ0v) is 19.7. The predicted molar refractivity (Wildman–Crippen MR) is 137 cm³/mol. The van der Waals surface area contributed by atoms with E-state index in [1.54, 1.807) is 13.0 Å². The molecule has 172 valence electrons. The number of amides is 1. The SMILES string of the molecule is C1CNCCN1.C=CC(C)=NC=N.C=CC=N/C=C/C(=O)NC(/C=C\CC(C)Cl)=C/C. The molecule has 0 radical (unpaired) electrons. The molecule has 1 fully saturated rings. The molecule has 1 aliphatic heterocycles. The lowest BCUT2D eigenvalue weighted by molar-refractivity contribution is -0.115. The van der Waals surface area contributed by atoms with Gasteiger partial charge in [0.1, 0.15) is 6.34 Å². The number of hydrogen-bond acceptors (Lipinski definition) is 5. The lowest BCUT2D eigenvalue weighted by Gasteiger charge is -2.11. The average molecular weight is 449 g/mol. The van der Waals surface area contributed by atoms with E-state index >= 15 is 0 Å². The van der Waals surface area contributed by atoms with Crippen molar-refractivity contribution in [1.82, 2.24) is 16.0 Å². The normalized spacial score (nSPS) is 15.5. The lowest BCUT2D eigenvalue weighted by atomic mass is 10.2. The molecule has 0 aromatic rings. The molecule has 7 nitrogen and oxygen atoms in total. The van der Waals surface area contributed by atoms with Crippen molar-refractivity contribution in [2.45, 2.75) is 32.6 Å². The molecular weight excluding hydrogens is 412 g/mol. The number of hydrogen-bond donors (Lipinski definition) is 4. The Morgan fingerprint density at radius 2 is 1.84 bits per heavy atom. The monoisotopic (exact) mass is 448 g/mol. The molecule has 1 rings (SSSR count). The second-order valence-corrected chi connectivity index (χ2v) is 6.85. The lowest BCUT2D eigenvalue weighted by Crippen LogP contribution is -2.39. The third-order valence-corrected chi connectivity index (χ3v) is 3.54. The Morgan fingerprint density at radius 1 is 1.23 bits per heavy atom. The first kappa shape index (κ1) is 30.6. The standard InChI is InChI=1S/C14H19ClN2O.C5H8N2.C4H10N2/c1-4-10-16-11-9-14(18)17-13(5-2)8-6-7-12(3)15;1-3-5(2)7-4-6;1-2-6-4-3-5-1/h4-6,8-12H,1,7H2,2-3H3,(H,17,18);3-4,6H,1H2,2H3;5-6H,1-4H2/b8-6-,11-9+,13-5+,16-10?;;. The summed E-state index contributed by atoms with van der Waals surface area (Å²) in [6, 6.07) is 0. The highest BCUT2D eigenvalue weighted by Crippen LogP contribution is 2.02. The van der Waals surface area contributed by atoms with E-state index in [-0.39, 0.29) is 11.3 Å². The third kappa shape index (κ3) is 25.4. The first-order valence-electron chi connectivity index (χ1n) is 10.1. The Kier molecular flexibility index (Phi) is 23.3. The molecule has 1 aliphatic rings. The first-order valence-corrected chi connectivity index (χ1v) is 10.5. The van der Waals surface area contributed by atoms with Gasteiger partial charge in [-0.05, 0) is 39.3 Å². The van der Waals surface area contributed by atoms with Crippen molar-refractivity contribution in [1.29, 1.82) is 5.41 Å². The molecule has 1 amide bonds. The summed E-state index contributed by atoms with van der Waals surface area (Å²) in [5, 5.41) is 15.7. The number of rotatable bonds is 9. The largest absolute Gasteiger partial charge is 0.323 e. The second-order valence-electron chi connectivity index (χ2n) is 6.11. The first-order chi connectivity index (χ1) is 14.9. The van der Waals surface area contributed by atoms with E-state index in [2.05, 4.69) is 39.1 Å². The molecule has 1 atom stereocenters. The molecule has 4 N–H and O–H groups in total. The van der Waals surface area contributed by atoms with Gasteiger partial charge in [-0.2, -0.15) is 0 Å². The van der Waals surface area contributed by atoms with Gasteiger partial charge < -0.3 is 16.0 Å². The van der Waals surface area contributed by atoms with Gasteiger partial charge >= 0.3 is 0 Å².